The molecule has 0 fully saturated rings. The minimum absolute atomic E-state index is 0.479. The first-order valence-corrected chi connectivity index (χ1v) is 15.0. The van der Waals surface area contributed by atoms with Crippen molar-refractivity contribution >= 4 is 20.3 Å². The molecule has 2 atom stereocenters. The van der Waals surface area contributed by atoms with E-state index in [-0.39, 0.29) is 0 Å². The highest BCUT2D eigenvalue weighted by atomic mass is 28.4. The van der Waals surface area contributed by atoms with E-state index in [0.717, 1.165) is 5.56 Å². The third-order valence-corrected chi connectivity index (χ3v) is 12.7. The Bertz CT molecular complexity index is 948. The molecule has 0 saturated heterocycles. The number of carbonyl (C=O) groups is 2. The van der Waals surface area contributed by atoms with Crippen LogP contribution in [0.3, 0.4) is 0 Å². The molecular formula is C30H42O5Si. The zero-order chi connectivity index (χ0) is 26.7. The predicted octanol–water partition coefficient (Wildman–Crippen LogP) is 8.06. The normalized spacial score (nSPS) is 13.7. The average molecular weight is 511 g/mol. The van der Waals surface area contributed by atoms with Crippen molar-refractivity contribution in [2.75, 3.05) is 0 Å². The molecule has 0 radical (unpaired) electrons. The van der Waals surface area contributed by atoms with Crippen LogP contribution in [0.25, 0.3) is 0 Å². The Balaban J connectivity index is 2.16. The van der Waals surface area contributed by atoms with E-state index < -0.39 is 32.5 Å². The maximum Gasteiger partial charge on any atom is 0.352 e. The smallest absolute Gasteiger partial charge is 0.352 e. The maximum atomic E-state index is 13.2. The molecule has 2 aromatic carbocycles. The van der Waals surface area contributed by atoms with Crippen LogP contribution in [0, 0.1) is 0 Å². The van der Waals surface area contributed by atoms with E-state index in [2.05, 4.69) is 41.5 Å². The highest BCUT2D eigenvalue weighted by Gasteiger charge is 2.46. The van der Waals surface area contributed by atoms with Gasteiger partial charge in [-0.25, -0.2) is 4.79 Å². The first kappa shape index (κ1) is 29.4. The summed E-state index contributed by atoms with van der Waals surface area (Å²) in [7, 11) is -1.98. The summed E-state index contributed by atoms with van der Waals surface area (Å²) in [5, 5.41) is 0. The maximum absolute atomic E-state index is 13.2. The lowest BCUT2D eigenvalue weighted by atomic mass is 10.0. The summed E-state index contributed by atoms with van der Waals surface area (Å²) in [5.74, 6) is -1.12. The van der Waals surface area contributed by atoms with Crippen molar-refractivity contribution in [3.05, 3.63) is 84.1 Å². The van der Waals surface area contributed by atoms with Gasteiger partial charge in [0.25, 0.3) is 8.32 Å². The number of hydrogen-bond donors (Lipinski definition) is 0. The van der Waals surface area contributed by atoms with Crippen LogP contribution in [0.1, 0.15) is 84.6 Å². The predicted molar refractivity (Wildman–Crippen MR) is 147 cm³/mol. The van der Waals surface area contributed by atoms with Crippen LogP contribution < -0.4 is 0 Å². The van der Waals surface area contributed by atoms with Crippen LogP contribution in [0.5, 0.6) is 0 Å². The monoisotopic (exact) mass is 510 g/mol. The molecule has 2 rings (SSSR count). The van der Waals surface area contributed by atoms with Crippen LogP contribution in [-0.2, 0) is 23.5 Å². The first-order valence-electron chi connectivity index (χ1n) is 12.9. The van der Waals surface area contributed by atoms with Gasteiger partial charge in [-0.3, -0.25) is 4.79 Å². The molecule has 0 aliphatic rings. The van der Waals surface area contributed by atoms with Crippen molar-refractivity contribution in [3.63, 3.8) is 0 Å². The lowest BCUT2D eigenvalue weighted by Gasteiger charge is -2.41. The zero-order valence-electron chi connectivity index (χ0n) is 22.8. The molecule has 0 aliphatic heterocycles. The summed E-state index contributed by atoms with van der Waals surface area (Å²) in [6, 6.07) is 18.6. The Labute approximate surface area is 218 Å². The van der Waals surface area contributed by atoms with Crippen molar-refractivity contribution in [1.82, 2.24) is 0 Å². The lowest BCUT2D eigenvalue weighted by Crippen LogP contribution is -2.46. The Kier molecular flexibility index (Phi) is 11.4. The van der Waals surface area contributed by atoms with Crippen LogP contribution in [-0.4, -0.2) is 20.3 Å². The van der Waals surface area contributed by atoms with E-state index in [1.54, 1.807) is 24.3 Å². The molecule has 2 aromatic rings. The molecule has 0 bridgehead atoms. The van der Waals surface area contributed by atoms with Gasteiger partial charge >= 0.3 is 11.9 Å². The number of benzene rings is 2. The van der Waals surface area contributed by atoms with Crippen LogP contribution in [0.2, 0.25) is 16.6 Å². The highest BCUT2D eigenvalue weighted by Crippen LogP contribution is 2.42. The Morgan fingerprint density at radius 3 is 1.75 bits per heavy atom. The molecule has 36 heavy (non-hydrogen) atoms. The summed E-state index contributed by atoms with van der Waals surface area (Å²) in [4.78, 5) is 24.9. The van der Waals surface area contributed by atoms with Gasteiger partial charge in [0.15, 0.2) is 0 Å². The Morgan fingerprint density at radius 1 is 0.778 bits per heavy atom. The van der Waals surface area contributed by atoms with Crippen molar-refractivity contribution < 1.29 is 23.5 Å². The number of rotatable bonds is 13. The standard InChI is InChI=1S/C30H42O5Si/c1-22(2)36(23(3)4,24(5)6)33-21-15-14-20-28(26-16-10-8-11-17-26)35-30(32)29(34-25(7)31)27-18-12-9-13-19-27/h8-13,15-19,21-24,28-29H,14,20H2,1-7H3/b21-15+/t28-,29-/m0/s1. The highest BCUT2D eigenvalue weighted by molar-refractivity contribution is 6.77. The van der Waals surface area contributed by atoms with Gasteiger partial charge in [-0.1, -0.05) is 108 Å². The van der Waals surface area contributed by atoms with Gasteiger partial charge in [0.05, 0.1) is 6.26 Å². The summed E-state index contributed by atoms with van der Waals surface area (Å²) in [6.45, 7) is 14.9. The molecule has 0 saturated carbocycles. The molecule has 0 amide bonds. The zero-order valence-corrected chi connectivity index (χ0v) is 23.8. The fraction of sp³-hybridized carbons (Fsp3) is 0.467. The number of allylic oxidation sites excluding steroid dienone is 1. The molecule has 5 nitrogen and oxygen atoms in total. The minimum atomic E-state index is -1.98. The number of ether oxygens (including phenoxy) is 2. The molecule has 0 aliphatic carbocycles. The molecule has 196 valence electrons. The van der Waals surface area contributed by atoms with Crippen molar-refractivity contribution in [1.29, 1.82) is 0 Å². The summed E-state index contributed by atoms with van der Waals surface area (Å²) in [5.41, 5.74) is 2.96. The van der Waals surface area contributed by atoms with Crippen LogP contribution >= 0.6 is 0 Å². The van der Waals surface area contributed by atoms with Gasteiger partial charge in [-0.15, -0.1) is 0 Å². The van der Waals surface area contributed by atoms with Crippen molar-refractivity contribution in [2.24, 2.45) is 0 Å². The van der Waals surface area contributed by atoms with E-state index in [4.69, 9.17) is 13.9 Å². The third kappa shape index (κ3) is 7.82. The van der Waals surface area contributed by atoms with E-state index in [0.29, 0.717) is 35.0 Å². The largest absolute Gasteiger partial charge is 0.548 e. The average Bonchev–Trinajstić information content (AvgIpc) is 2.84. The molecule has 0 heterocycles. The third-order valence-electron chi connectivity index (χ3n) is 6.70. The summed E-state index contributed by atoms with van der Waals surface area (Å²) in [6.07, 6.45) is 3.56. The van der Waals surface area contributed by atoms with Gasteiger partial charge < -0.3 is 13.9 Å². The van der Waals surface area contributed by atoms with Crippen molar-refractivity contribution in [3.8, 4) is 0 Å². The van der Waals surface area contributed by atoms with Gasteiger partial charge in [0.1, 0.15) is 6.10 Å². The molecule has 6 heteroatoms. The van der Waals surface area contributed by atoms with E-state index >= 15 is 0 Å². The molecule has 0 unspecified atom stereocenters. The number of carbonyl (C=O) groups excluding carboxylic acids is 2. The summed E-state index contributed by atoms with van der Waals surface area (Å²) < 4.78 is 17.8. The fourth-order valence-electron chi connectivity index (χ4n) is 5.10. The molecule has 0 N–H and O–H groups in total. The van der Waals surface area contributed by atoms with Crippen LogP contribution in [0.15, 0.2) is 73.0 Å². The van der Waals surface area contributed by atoms with E-state index in [9.17, 15) is 9.59 Å². The molecule has 0 spiro atoms. The second-order valence-electron chi connectivity index (χ2n) is 10.1. The molecular weight excluding hydrogens is 468 g/mol. The quantitative estimate of drug-likeness (QED) is 0.155. The van der Waals surface area contributed by atoms with Gasteiger partial charge in [-0.05, 0) is 35.0 Å². The van der Waals surface area contributed by atoms with E-state index in [1.807, 2.05) is 48.7 Å². The fourth-order valence-corrected chi connectivity index (χ4v) is 10.2. The van der Waals surface area contributed by atoms with Gasteiger partial charge in [0.2, 0.25) is 6.10 Å². The van der Waals surface area contributed by atoms with Gasteiger partial charge in [-0.2, -0.15) is 0 Å². The lowest BCUT2D eigenvalue weighted by molar-refractivity contribution is -0.171. The van der Waals surface area contributed by atoms with Gasteiger partial charge in [0, 0.05) is 12.5 Å². The Hall–Kier alpha value is -2.86. The van der Waals surface area contributed by atoms with Crippen LogP contribution in [0.4, 0.5) is 0 Å². The Morgan fingerprint density at radius 2 is 1.28 bits per heavy atom. The summed E-state index contributed by atoms with van der Waals surface area (Å²) >= 11 is 0. The number of esters is 2. The number of hydrogen-bond acceptors (Lipinski definition) is 5. The minimum Gasteiger partial charge on any atom is -0.548 e. The second kappa shape index (κ2) is 14.0. The first-order chi connectivity index (χ1) is 17.1. The van der Waals surface area contributed by atoms with E-state index in [1.165, 1.54) is 6.92 Å². The topological polar surface area (TPSA) is 61.8 Å². The van der Waals surface area contributed by atoms with Crippen molar-refractivity contribution in [2.45, 2.75) is 90.1 Å². The second-order valence-corrected chi connectivity index (χ2v) is 15.5. The molecule has 0 aromatic heterocycles. The SMILES string of the molecule is CC(=O)O[C@H](C(=O)O[C@@H](CC/C=C/O[Si](C(C)C)(C(C)C)C(C)C)c1ccccc1)c1ccccc1.